The SMILES string of the molecule is O=C(O)C1=CC=C/C(=C\[N+](=O)[O-])C=C1. The van der Waals surface area contributed by atoms with E-state index in [1.165, 1.54) is 30.4 Å². The Kier molecular flexibility index (Phi) is 2.96. The van der Waals surface area contributed by atoms with Gasteiger partial charge in [-0.1, -0.05) is 6.08 Å². The zero-order valence-electron chi connectivity index (χ0n) is 7.08. The Hall–Kier alpha value is -2.17. The van der Waals surface area contributed by atoms with E-state index in [4.69, 9.17) is 5.11 Å². The van der Waals surface area contributed by atoms with Crippen LogP contribution >= 0.6 is 0 Å². The van der Waals surface area contributed by atoms with Crippen molar-refractivity contribution in [3.8, 4) is 0 Å². The smallest absolute Gasteiger partial charge is 0.335 e. The number of carboxylic acid groups (broad SMARTS) is 1. The molecule has 0 amide bonds. The van der Waals surface area contributed by atoms with Gasteiger partial charge in [0.25, 0.3) is 0 Å². The fraction of sp³-hybridized carbons (Fsp3) is 0. The normalized spacial score (nSPS) is 17.7. The molecule has 0 bridgehead atoms. The Morgan fingerprint density at radius 2 is 2.14 bits per heavy atom. The first-order valence-electron chi connectivity index (χ1n) is 3.74. The zero-order chi connectivity index (χ0) is 10.6. The molecule has 1 aliphatic carbocycles. The molecule has 0 aromatic heterocycles. The Bertz CT molecular complexity index is 388. The molecule has 0 radical (unpaired) electrons. The van der Waals surface area contributed by atoms with Crippen molar-refractivity contribution in [2.24, 2.45) is 0 Å². The summed E-state index contributed by atoms with van der Waals surface area (Å²) in [5.41, 5.74) is 0.440. The van der Waals surface area contributed by atoms with E-state index in [1.54, 1.807) is 0 Å². The standard InChI is InChI=1S/C9H7NO4/c11-9(12)8-3-1-2-7(4-5-8)6-10(13)14/h1-6H,(H,11,12)/b7-6+. The van der Waals surface area contributed by atoms with Crippen molar-refractivity contribution in [1.29, 1.82) is 0 Å². The summed E-state index contributed by atoms with van der Waals surface area (Å²) in [6.07, 6.45) is 7.81. The monoisotopic (exact) mass is 193 g/mol. The first kappa shape index (κ1) is 9.91. The third-order valence-corrected chi connectivity index (χ3v) is 1.52. The largest absolute Gasteiger partial charge is 0.478 e. The minimum Gasteiger partial charge on any atom is -0.478 e. The predicted octanol–water partition coefficient (Wildman–Crippen LogP) is 1.28. The van der Waals surface area contributed by atoms with Gasteiger partial charge in [0.15, 0.2) is 0 Å². The van der Waals surface area contributed by atoms with Crippen LogP contribution < -0.4 is 0 Å². The summed E-state index contributed by atoms with van der Waals surface area (Å²) < 4.78 is 0. The lowest BCUT2D eigenvalue weighted by Crippen LogP contribution is -1.96. The van der Waals surface area contributed by atoms with Gasteiger partial charge in [-0.3, -0.25) is 10.1 Å². The van der Waals surface area contributed by atoms with Crippen LogP contribution in [0.2, 0.25) is 0 Å². The number of hydrogen-bond acceptors (Lipinski definition) is 3. The highest BCUT2D eigenvalue weighted by Crippen LogP contribution is 2.09. The van der Waals surface area contributed by atoms with Gasteiger partial charge < -0.3 is 5.11 Å². The van der Waals surface area contributed by atoms with E-state index >= 15 is 0 Å². The Morgan fingerprint density at radius 3 is 2.71 bits per heavy atom. The number of nitrogens with zero attached hydrogens (tertiary/aromatic N) is 1. The molecule has 0 aromatic carbocycles. The average Bonchev–Trinajstić information content (AvgIpc) is 2.28. The third-order valence-electron chi connectivity index (χ3n) is 1.52. The van der Waals surface area contributed by atoms with Crippen molar-refractivity contribution in [3.05, 3.63) is 57.8 Å². The fourth-order valence-electron chi connectivity index (χ4n) is 0.910. The molecule has 0 saturated carbocycles. The lowest BCUT2D eigenvalue weighted by atomic mass is 10.2. The van der Waals surface area contributed by atoms with E-state index in [9.17, 15) is 14.9 Å². The van der Waals surface area contributed by atoms with E-state index in [0.717, 1.165) is 6.20 Å². The van der Waals surface area contributed by atoms with Crippen molar-refractivity contribution in [1.82, 2.24) is 0 Å². The molecule has 1 rings (SSSR count). The Labute approximate surface area is 79.5 Å². The van der Waals surface area contributed by atoms with Crippen LogP contribution in [0.5, 0.6) is 0 Å². The molecule has 0 unspecified atom stereocenters. The number of carboxylic acids is 1. The fourth-order valence-corrected chi connectivity index (χ4v) is 0.910. The Morgan fingerprint density at radius 1 is 1.43 bits per heavy atom. The van der Waals surface area contributed by atoms with E-state index in [2.05, 4.69) is 0 Å². The van der Waals surface area contributed by atoms with Gasteiger partial charge in [0.2, 0.25) is 6.20 Å². The second-order valence-electron chi connectivity index (χ2n) is 2.53. The van der Waals surface area contributed by atoms with Crippen molar-refractivity contribution in [2.75, 3.05) is 0 Å². The zero-order valence-corrected chi connectivity index (χ0v) is 7.08. The lowest BCUT2D eigenvalue weighted by Gasteiger charge is -1.88. The van der Waals surface area contributed by atoms with E-state index in [0.29, 0.717) is 5.57 Å². The van der Waals surface area contributed by atoms with Crippen LogP contribution in [0.25, 0.3) is 0 Å². The van der Waals surface area contributed by atoms with E-state index < -0.39 is 10.9 Å². The summed E-state index contributed by atoms with van der Waals surface area (Å²) in [6.45, 7) is 0. The summed E-state index contributed by atoms with van der Waals surface area (Å²) in [5.74, 6) is -1.06. The quantitative estimate of drug-likeness (QED) is 0.529. The first-order valence-corrected chi connectivity index (χ1v) is 3.74. The molecule has 0 heterocycles. The molecule has 14 heavy (non-hydrogen) atoms. The highest BCUT2D eigenvalue weighted by atomic mass is 16.6. The van der Waals surface area contributed by atoms with Gasteiger partial charge in [0.1, 0.15) is 0 Å². The molecule has 1 aliphatic rings. The third kappa shape index (κ3) is 2.71. The molecular weight excluding hydrogens is 186 g/mol. The highest BCUT2D eigenvalue weighted by molar-refractivity contribution is 5.90. The van der Waals surface area contributed by atoms with Gasteiger partial charge >= 0.3 is 5.97 Å². The maximum absolute atomic E-state index is 10.5. The van der Waals surface area contributed by atoms with Crippen LogP contribution in [0.15, 0.2) is 47.7 Å². The van der Waals surface area contributed by atoms with Crippen LogP contribution in [0, 0.1) is 10.1 Å². The lowest BCUT2D eigenvalue weighted by molar-refractivity contribution is -0.403. The molecule has 0 saturated heterocycles. The van der Waals surface area contributed by atoms with Crippen molar-refractivity contribution >= 4 is 5.97 Å². The van der Waals surface area contributed by atoms with Gasteiger partial charge in [-0.05, 0) is 24.3 Å². The topological polar surface area (TPSA) is 80.4 Å². The van der Waals surface area contributed by atoms with Crippen molar-refractivity contribution in [3.63, 3.8) is 0 Å². The van der Waals surface area contributed by atoms with Gasteiger partial charge in [0, 0.05) is 5.57 Å². The second kappa shape index (κ2) is 4.18. The van der Waals surface area contributed by atoms with Crippen LogP contribution in [0.4, 0.5) is 0 Å². The molecular formula is C9H7NO4. The highest BCUT2D eigenvalue weighted by Gasteiger charge is 2.04. The minimum atomic E-state index is -1.06. The summed E-state index contributed by atoms with van der Waals surface area (Å²) in [4.78, 5) is 20.1. The summed E-state index contributed by atoms with van der Waals surface area (Å²) >= 11 is 0. The molecule has 0 atom stereocenters. The molecule has 1 N–H and O–H groups in total. The molecule has 0 aromatic rings. The first-order chi connectivity index (χ1) is 6.59. The van der Waals surface area contributed by atoms with Crippen molar-refractivity contribution in [2.45, 2.75) is 0 Å². The van der Waals surface area contributed by atoms with E-state index in [1.807, 2.05) is 0 Å². The summed E-state index contributed by atoms with van der Waals surface area (Å²) in [6, 6.07) is 0. The predicted molar refractivity (Wildman–Crippen MR) is 49.1 cm³/mol. The molecule has 0 fully saturated rings. The van der Waals surface area contributed by atoms with E-state index in [-0.39, 0.29) is 5.57 Å². The van der Waals surface area contributed by atoms with Gasteiger partial charge in [-0.25, -0.2) is 4.79 Å². The van der Waals surface area contributed by atoms with Crippen LogP contribution in [0.1, 0.15) is 0 Å². The maximum atomic E-state index is 10.5. The number of hydrogen-bond donors (Lipinski definition) is 1. The van der Waals surface area contributed by atoms with Crippen LogP contribution in [-0.2, 0) is 4.79 Å². The number of allylic oxidation sites excluding steroid dienone is 5. The number of carbonyl (C=O) groups is 1. The number of rotatable bonds is 2. The van der Waals surface area contributed by atoms with Crippen LogP contribution in [-0.4, -0.2) is 16.0 Å². The molecule has 0 aliphatic heterocycles. The average molecular weight is 193 g/mol. The van der Waals surface area contributed by atoms with Gasteiger partial charge in [-0.15, -0.1) is 0 Å². The van der Waals surface area contributed by atoms with Gasteiger partial charge in [-0.2, -0.15) is 0 Å². The number of aliphatic carboxylic acids is 1. The van der Waals surface area contributed by atoms with Crippen LogP contribution in [0.3, 0.4) is 0 Å². The van der Waals surface area contributed by atoms with Crippen molar-refractivity contribution < 1.29 is 14.8 Å². The minimum absolute atomic E-state index is 0.0907. The summed E-state index contributed by atoms with van der Waals surface area (Å²) in [5, 5.41) is 18.7. The van der Waals surface area contributed by atoms with Gasteiger partial charge in [0.05, 0.1) is 10.5 Å². The molecule has 0 spiro atoms. The second-order valence-corrected chi connectivity index (χ2v) is 2.53. The number of nitro groups is 1. The molecule has 5 nitrogen and oxygen atoms in total. The Balaban J connectivity index is 2.93. The molecule has 5 heteroatoms. The maximum Gasteiger partial charge on any atom is 0.335 e. The summed E-state index contributed by atoms with van der Waals surface area (Å²) in [7, 11) is 0. The molecule has 72 valence electrons.